The second-order valence-electron chi connectivity index (χ2n) is 7.20. The average molecular weight is 464 g/mol. The van der Waals surface area contributed by atoms with Crippen molar-refractivity contribution in [1.29, 1.82) is 0 Å². The monoisotopic (exact) mass is 463 g/mol. The molecule has 3 aromatic rings. The lowest BCUT2D eigenvalue weighted by molar-refractivity contribution is -0.114. The van der Waals surface area contributed by atoms with Gasteiger partial charge in [-0.25, -0.2) is 0 Å². The first kappa shape index (κ1) is 22.6. The van der Waals surface area contributed by atoms with Gasteiger partial charge in [0.15, 0.2) is 11.5 Å². The van der Waals surface area contributed by atoms with Gasteiger partial charge in [-0.2, -0.15) is 0 Å². The van der Waals surface area contributed by atoms with Crippen LogP contribution in [0.2, 0.25) is 0 Å². The number of amides is 1. The molecular weight excluding hydrogens is 438 g/mol. The van der Waals surface area contributed by atoms with Crippen LogP contribution in [0.1, 0.15) is 16.5 Å². The number of hydrogen-bond donors (Lipinski definition) is 0. The number of carbonyl (C=O) groups is 1. The number of methoxy groups -OCH3 is 4. The van der Waals surface area contributed by atoms with Gasteiger partial charge >= 0.3 is 0 Å². The van der Waals surface area contributed by atoms with Crippen LogP contribution in [-0.2, 0) is 4.79 Å². The maximum absolute atomic E-state index is 13.7. The molecule has 3 aromatic carbocycles. The van der Waals surface area contributed by atoms with E-state index >= 15 is 0 Å². The summed E-state index contributed by atoms with van der Waals surface area (Å²) in [7, 11) is 6.30. The molecule has 0 aliphatic carbocycles. The van der Waals surface area contributed by atoms with Crippen LogP contribution >= 0.6 is 11.8 Å². The lowest BCUT2D eigenvalue weighted by Crippen LogP contribution is -2.27. The highest BCUT2D eigenvalue weighted by atomic mass is 32.2. The lowest BCUT2D eigenvalue weighted by atomic mass is 10.1. The van der Waals surface area contributed by atoms with Crippen LogP contribution in [0.3, 0.4) is 0 Å². The fraction of sp³-hybridized carbons (Fsp3) is 0.192. The summed E-state index contributed by atoms with van der Waals surface area (Å²) < 4.78 is 21.9. The topological polar surface area (TPSA) is 57.2 Å². The molecule has 1 fully saturated rings. The first-order chi connectivity index (χ1) is 16.1. The Balaban J connectivity index is 1.81. The average Bonchev–Trinajstić information content (AvgIpc) is 3.19. The summed E-state index contributed by atoms with van der Waals surface area (Å²) in [4.78, 5) is 16.1. The standard InChI is InChI=1S/C26H25NO5S/c1-29-20-13-9-8-12-19(20)27-25(28)23(33-26(27)18-10-6-5-7-11-18)16-17-14-21(30-2)24(32-4)22(15-17)31-3/h5-16,26H,1-4H3/b23-16+. The van der Waals surface area contributed by atoms with E-state index in [-0.39, 0.29) is 11.3 Å². The highest BCUT2D eigenvalue weighted by Gasteiger charge is 2.39. The summed E-state index contributed by atoms with van der Waals surface area (Å²) in [5.74, 6) is 2.10. The number of anilines is 1. The molecule has 0 N–H and O–H groups in total. The molecule has 0 spiro atoms. The number of carbonyl (C=O) groups excluding carboxylic acids is 1. The van der Waals surface area contributed by atoms with E-state index in [0.29, 0.717) is 27.9 Å². The van der Waals surface area contributed by atoms with E-state index in [0.717, 1.165) is 16.8 Å². The minimum absolute atomic E-state index is 0.105. The van der Waals surface area contributed by atoms with Gasteiger partial charge in [-0.15, -0.1) is 0 Å². The Morgan fingerprint density at radius 2 is 1.39 bits per heavy atom. The van der Waals surface area contributed by atoms with E-state index in [1.54, 1.807) is 33.3 Å². The number of ether oxygens (including phenoxy) is 4. The molecule has 1 unspecified atom stereocenters. The molecule has 1 amide bonds. The van der Waals surface area contributed by atoms with Gasteiger partial charge in [-0.1, -0.05) is 54.2 Å². The van der Waals surface area contributed by atoms with Crippen molar-refractivity contribution in [3.05, 3.63) is 82.8 Å². The van der Waals surface area contributed by atoms with Gasteiger partial charge in [0.05, 0.1) is 39.0 Å². The van der Waals surface area contributed by atoms with E-state index in [1.165, 1.54) is 11.8 Å². The van der Waals surface area contributed by atoms with Gasteiger partial charge in [0.25, 0.3) is 5.91 Å². The van der Waals surface area contributed by atoms with Crippen molar-refractivity contribution in [3.63, 3.8) is 0 Å². The van der Waals surface area contributed by atoms with Gasteiger partial charge < -0.3 is 18.9 Å². The fourth-order valence-electron chi connectivity index (χ4n) is 3.78. The Bertz CT molecular complexity index is 1150. The normalized spacial score (nSPS) is 16.7. The van der Waals surface area contributed by atoms with Crippen LogP contribution in [0.25, 0.3) is 6.08 Å². The first-order valence-electron chi connectivity index (χ1n) is 10.3. The molecule has 1 atom stereocenters. The number of nitrogens with zero attached hydrogens (tertiary/aromatic N) is 1. The van der Waals surface area contributed by atoms with Crippen molar-refractivity contribution in [1.82, 2.24) is 0 Å². The molecule has 1 saturated heterocycles. The third-order valence-electron chi connectivity index (χ3n) is 5.32. The lowest BCUT2D eigenvalue weighted by Gasteiger charge is -2.25. The van der Waals surface area contributed by atoms with Gasteiger partial charge in [-0.05, 0) is 41.5 Å². The third kappa shape index (κ3) is 4.36. The molecule has 0 aromatic heterocycles. The predicted octanol–water partition coefficient (Wildman–Crippen LogP) is 5.54. The summed E-state index contributed by atoms with van der Waals surface area (Å²) in [6, 6.07) is 21.2. The zero-order chi connectivity index (χ0) is 23.4. The van der Waals surface area contributed by atoms with Crippen LogP contribution in [0, 0.1) is 0 Å². The smallest absolute Gasteiger partial charge is 0.266 e. The Morgan fingerprint density at radius 3 is 2.00 bits per heavy atom. The number of thioether (sulfide) groups is 1. The molecule has 1 heterocycles. The van der Waals surface area contributed by atoms with Gasteiger partial charge in [0.2, 0.25) is 5.75 Å². The van der Waals surface area contributed by atoms with Crippen LogP contribution < -0.4 is 23.8 Å². The maximum Gasteiger partial charge on any atom is 0.266 e. The molecule has 4 rings (SSSR count). The van der Waals surface area contributed by atoms with Crippen molar-refractivity contribution < 1.29 is 23.7 Å². The van der Waals surface area contributed by atoms with Crippen LogP contribution in [0.4, 0.5) is 5.69 Å². The summed E-state index contributed by atoms with van der Waals surface area (Å²) in [5.41, 5.74) is 2.52. The molecule has 33 heavy (non-hydrogen) atoms. The van der Waals surface area contributed by atoms with Crippen molar-refractivity contribution in [2.75, 3.05) is 33.3 Å². The quantitative estimate of drug-likeness (QED) is 0.429. The summed E-state index contributed by atoms with van der Waals surface area (Å²) in [6.45, 7) is 0. The molecule has 0 saturated carbocycles. The highest BCUT2D eigenvalue weighted by molar-refractivity contribution is 8.05. The first-order valence-corrected chi connectivity index (χ1v) is 11.2. The minimum Gasteiger partial charge on any atom is -0.495 e. The summed E-state index contributed by atoms with van der Waals surface area (Å²) in [5, 5.41) is -0.233. The van der Waals surface area contributed by atoms with E-state index < -0.39 is 0 Å². The number of hydrogen-bond acceptors (Lipinski definition) is 6. The number of rotatable bonds is 7. The third-order valence-corrected chi connectivity index (χ3v) is 6.57. The highest BCUT2D eigenvalue weighted by Crippen LogP contribution is 2.50. The molecule has 1 aliphatic rings. The van der Waals surface area contributed by atoms with E-state index in [1.807, 2.05) is 72.8 Å². The molecule has 6 nitrogen and oxygen atoms in total. The second-order valence-corrected chi connectivity index (χ2v) is 8.32. The maximum atomic E-state index is 13.7. The predicted molar refractivity (Wildman–Crippen MR) is 131 cm³/mol. The van der Waals surface area contributed by atoms with Crippen molar-refractivity contribution in [2.45, 2.75) is 5.37 Å². The number of para-hydroxylation sites is 2. The van der Waals surface area contributed by atoms with Crippen molar-refractivity contribution >= 4 is 29.4 Å². The Morgan fingerprint density at radius 1 is 0.788 bits per heavy atom. The molecule has 1 aliphatic heterocycles. The zero-order valence-electron chi connectivity index (χ0n) is 18.9. The second kappa shape index (κ2) is 9.92. The summed E-state index contributed by atoms with van der Waals surface area (Å²) >= 11 is 1.49. The Labute approximate surface area is 197 Å². The minimum atomic E-state index is -0.233. The molecule has 0 radical (unpaired) electrons. The molecule has 7 heteroatoms. The largest absolute Gasteiger partial charge is 0.495 e. The van der Waals surface area contributed by atoms with Gasteiger partial charge in [-0.3, -0.25) is 9.69 Å². The van der Waals surface area contributed by atoms with Crippen LogP contribution in [0.15, 0.2) is 71.6 Å². The van der Waals surface area contributed by atoms with Crippen molar-refractivity contribution in [2.24, 2.45) is 0 Å². The van der Waals surface area contributed by atoms with Gasteiger partial charge in [0, 0.05) is 0 Å². The summed E-state index contributed by atoms with van der Waals surface area (Å²) in [6.07, 6.45) is 1.85. The molecule has 170 valence electrons. The van der Waals surface area contributed by atoms with Crippen LogP contribution in [-0.4, -0.2) is 34.3 Å². The SMILES string of the molecule is COc1ccccc1N1C(=O)/C(=C\c2cc(OC)c(OC)c(OC)c2)SC1c1ccccc1. The fourth-order valence-corrected chi connectivity index (χ4v) is 5.03. The molecular formula is C26H25NO5S. The van der Waals surface area contributed by atoms with E-state index in [4.69, 9.17) is 18.9 Å². The van der Waals surface area contributed by atoms with Gasteiger partial charge in [0.1, 0.15) is 11.1 Å². The molecule has 0 bridgehead atoms. The van der Waals surface area contributed by atoms with E-state index in [2.05, 4.69) is 0 Å². The number of benzene rings is 3. The zero-order valence-corrected chi connectivity index (χ0v) is 19.7. The van der Waals surface area contributed by atoms with Crippen LogP contribution in [0.5, 0.6) is 23.0 Å². The Hall–Kier alpha value is -3.58. The van der Waals surface area contributed by atoms with E-state index in [9.17, 15) is 4.79 Å². The Kier molecular flexibility index (Phi) is 6.79. The van der Waals surface area contributed by atoms with Crippen molar-refractivity contribution in [3.8, 4) is 23.0 Å².